The van der Waals surface area contributed by atoms with E-state index in [1.54, 1.807) is 0 Å². The third-order valence-corrected chi connectivity index (χ3v) is 2.58. The Hall–Kier alpha value is -2.66. The number of benzene rings is 1. The normalized spacial score (nSPS) is 12.6. The first kappa shape index (κ1) is 15.7. The standard InChI is InChI=1S/C10H3F6N3O3/c11-9(12,13)5-2-3(19(21)22)1-4-6(5)17-8(10(14,15)16)18-7(4)20/h1-2H,(H,17,18,20). The summed E-state index contributed by atoms with van der Waals surface area (Å²) in [6, 6.07) is 0.450. The van der Waals surface area contributed by atoms with Crippen LogP contribution in [0.1, 0.15) is 11.4 Å². The van der Waals surface area contributed by atoms with Crippen LogP contribution < -0.4 is 5.56 Å². The van der Waals surface area contributed by atoms with Crippen molar-refractivity contribution in [3.8, 4) is 0 Å². The zero-order valence-electron chi connectivity index (χ0n) is 10.0. The Morgan fingerprint density at radius 1 is 1.09 bits per heavy atom. The molecule has 0 unspecified atom stereocenters. The molecule has 1 heterocycles. The van der Waals surface area contributed by atoms with Crippen LogP contribution in [0.15, 0.2) is 16.9 Å². The number of alkyl halides is 6. The fourth-order valence-corrected chi connectivity index (χ4v) is 1.68. The number of hydrogen-bond acceptors (Lipinski definition) is 4. The highest BCUT2D eigenvalue weighted by Crippen LogP contribution is 2.36. The van der Waals surface area contributed by atoms with Gasteiger partial charge in [-0.05, 0) is 0 Å². The Kier molecular flexibility index (Phi) is 3.34. The third-order valence-electron chi connectivity index (χ3n) is 2.58. The van der Waals surface area contributed by atoms with E-state index in [2.05, 4.69) is 4.98 Å². The van der Waals surface area contributed by atoms with Gasteiger partial charge in [-0.25, -0.2) is 4.98 Å². The largest absolute Gasteiger partial charge is 0.449 e. The van der Waals surface area contributed by atoms with Crippen molar-refractivity contribution in [1.29, 1.82) is 0 Å². The van der Waals surface area contributed by atoms with Crippen LogP contribution in [0.25, 0.3) is 10.9 Å². The lowest BCUT2D eigenvalue weighted by molar-refractivity contribution is -0.385. The Morgan fingerprint density at radius 3 is 2.14 bits per heavy atom. The van der Waals surface area contributed by atoms with Gasteiger partial charge in [0.1, 0.15) is 0 Å². The first-order valence-corrected chi connectivity index (χ1v) is 5.28. The Balaban J connectivity index is 2.97. The van der Waals surface area contributed by atoms with Crippen LogP contribution in [0.2, 0.25) is 0 Å². The molecule has 12 heteroatoms. The van der Waals surface area contributed by atoms with Crippen molar-refractivity contribution in [2.24, 2.45) is 0 Å². The zero-order chi connectivity index (χ0) is 16.9. The number of rotatable bonds is 1. The predicted molar refractivity (Wildman–Crippen MR) is 59.0 cm³/mol. The molecule has 1 aromatic heterocycles. The number of hydrogen-bond donors (Lipinski definition) is 1. The van der Waals surface area contributed by atoms with Crippen molar-refractivity contribution in [3.63, 3.8) is 0 Å². The number of nitro groups is 1. The predicted octanol–water partition coefficient (Wildman–Crippen LogP) is 2.87. The highest BCUT2D eigenvalue weighted by atomic mass is 19.4. The summed E-state index contributed by atoms with van der Waals surface area (Å²) in [5.41, 5.74) is -5.76. The topological polar surface area (TPSA) is 88.9 Å². The van der Waals surface area contributed by atoms with Gasteiger partial charge in [0.15, 0.2) is 0 Å². The van der Waals surface area contributed by atoms with E-state index in [1.807, 2.05) is 0 Å². The number of aromatic nitrogens is 2. The molecule has 1 N–H and O–H groups in total. The van der Waals surface area contributed by atoms with Gasteiger partial charge in [-0.1, -0.05) is 0 Å². The van der Waals surface area contributed by atoms with Crippen molar-refractivity contribution in [2.75, 3.05) is 0 Å². The van der Waals surface area contributed by atoms with Crippen molar-refractivity contribution < 1.29 is 31.3 Å². The number of nitrogens with one attached hydrogen (secondary N) is 1. The minimum Gasteiger partial charge on any atom is -0.302 e. The average Bonchev–Trinajstić information content (AvgIpc) is 2.35. The van der Waals surface area contributed by atoms with E-state index in [1.165, 1.54) is 4.98 Å². The summed E-state index contributed by atoms with van der Waals surface area (Å²) in [6.45, 7) is 0. The second kappa shape index (κ2) is 4.68. The minimum atomic E-state index is -5.23. The fraction of sp³-hybridized carbons (Fsp3) is 0.200. The zero-order valence-corrected chi connectivity index (χ0v) is 10.0. The molecule has 0 amide bonds. The summed E-state index contributed by atoms with van der Waals surface area (Å²) >= 11 is 0. The van der Waals surface area contributed by atoms with Crippen molar-refractivity contribution >= 4 is 16.6 Å². The van der Waals surface area contributed by atoms with Gasteiger partial charge >= 0.3 is 12.4 Å². The van der Waals surface area contributed by atoms with Crippen LogP contribution in [0.3, 0.4) is 0 Å². The highest BCUT2D eigenvalue weighted by Gasteiger charge is 2.39. The van der Waals surface area contributed by atoms with Gasteiger partial charge < -0.3 is 4.98 Å². The molecular formula is C10H3F6N3O3. The number of fused-ring (bicyclic) bond motifs is 1. The lowest BCUT2D eigenvalue weighted by atomic mass is 10.1. The molecule has 1 aromatic carbocycles. The molecule has 0 radical (unpaired) electrons. The quantitative estimate of drug-likeness (QED) is 0.495. The van der Waals surface area contributed by atoms with Gasteiger partial charge in [0.25, 0.3) is 11.2 Å². The number of halogens is 6. The molecule has 2 aromatic rings. The van der Waals surface area contributed by atoms with Crippen LogP contribution in [0.4, 0.5) is 32.0 Å². The summed E-state index contributed by atoms with van der Waals surface area (Å²) in [6.07, 6.45) is -10.4. The van der Waals surface area contributed by atoms with Crippen molar-refractivity contribution in [1.82, 2.24) is 9.97 Å². The SMILES string of the molecule is O=c1[nH]c(C(F)(F)F)nc2c(C(F)(F)F)cc([N+](=O)[O-])cc12. The number of non-ortho nitro benzene ring substituents is 1. The molecule has 2 rings (SSSR count). The summed E-state index contributed by atoms with van der Waals surface area (Å²) in [5, 5.41) is 9.62. The first-order valence-electron chi connectivity index (χ1n) is 5.28. The van der Waals surface area contributed by atoms with Gasteiger partial charge in [0.05, 0.1) is 21.4 Å². The molecule has 0 aliphatic rings. The van der Waals surface area contributed by atoms with E-state index in [9.17, 15) is 41.3 Å². The Morgan fingerprint density at radius 2 is 1.68 bits per heavy atom. The molecule has 0 saturated carbocycles. The van der Waals surface area contributed by atoms with Gasteiger partial charge in [0.2, 0.25) is 5.82 Å². The Labute approximate surface area is 115 Å². The molecule has 0 atom stereocenters. The third kappa shape index (κ3) is 2.71. The van der Waals surface area contributed by atoms with Gasteiger partial charge in [-0.2, -0.15) is 26.3 Å². The lowest BCUT2D eigenvalue weighted by Gasteiger charge is -2.11. The Bertz CT molecular complexity index is 823. The van der Waals surface area contributed by atoms with E-state index in [0.717, 1.165) is 0 Å². The smallest absolute Gasteiger partial charge is 0.302 e. The van der Waals surface area contributed by atoms with Gasteiger partial charge in [-0.3, -0.25) is 14.9 Å². The number of aromatic amines is 1. The van der Waals surface area contributed by atoms with Crippen LogP contribution in [0, 0.1) is 10.1 Å². The molecule has 0 aliphatic heterocycles. The van der Waals surface area contributed by atoms with E-state index < -0.39 is 50.8 Å². The molecule has 0 bridgehead atoms. The molecule has 6 nitrogen and oxygen atoms in total. The maximum atomic E-state index is 12.9. The average molecular weight is 327 g/mol. The van der Waals surface area contributed by atoms with Crippen LogP contribution in [0.5, 0.6) is 0 Å². The molecule has 0 aliphatic carbocycles. The summed E-state index contributed by atoms with van der Waals surface area (Å²) in [7, 11) is 0. The molecule has 0 spiro atoms. The van der Waals surface area contributed by atoms with Crippen molar-refractivity contribution in [3.05, 3.63) is 44.0 Å². The van der Waals surface area contributed by atoms with Gasteiger partial charge in [-0.15, -0.1) is 0 Å². The molecule has 22 heavy (non-hydrogen) atoms. The van der Waals surface area contributed by atoms with Crippen LogP contribution >= 0.6 is 0 Å². The maximum Gasteiger partial charge on any atom is 0.449 e. The highest BCUT2D eigenvalue weighted by molar-refractivity contribution is 5.84. The lowest BCUT2D eigenvalue weighted by Crippen LogP contribution is -2.21. The van der Waals surface area contributed by atoms with E-state index in [4.69, 9.17) is 0 Å². The molecule has 0 saturated heterocycles. The van der Waals surface area contributed by atoms with E-state index >= 15 is 0 Å². The number of nitrogens with zero attached hydrogens (tertiary/aromatic N) is 2. The summed E-state index contributed by atoms with van der Waals surface area (Å²) in [5.74, 6) is -1.93. The second-order valence-electron chi connectivity index (χ2n) is 4.06. The monoisotopic (exact) mass is 327 g/mol. The minimum absolute atomic E-state index is 0.0227. The van der Waals surface area contributed by atoms with Crippen molar-refractivity contribution in [2.45, 2.75) is 12.4 Å². The fourth-order valence-electron chi connectivity index (χ4n) is 1.68. The maximum absolute atomic E-state index is 12.9. The second-order valence-corrected chi connectivity index (χ2v) is 4.06. The number of nitro benzene ring substituents is 1. The molecular weight excluding hydrogens is 324 g/mol. The first-order chi connectivity index (χ1) is 9.91. The van der Waals surface area contributed by atoms with Crippen LogP contribution in [-0.4, -0.2) is 14.9 Å². The van der Waals surface area contributed by atoms with Gasteiger partial charge in [0, 0.05) is 12.1 Å². The van der Waals surface area contributed by atoms with E-state index in [0.29, 0.717) is 6.07 Å². The van der Waals surface area contributed by atoms with Crippen LogP contribution in [-0.2, 0) is 12.4 Å². The summed E-state index contributed by atoms with van der Waals surface area (Å²) < 4.78 is 76.1. The summed E-state index contributed by atoms with van der Waals surface area (Å²) in [4.78, 5) is 24.9. The number of H-pyrrole nitrogens is 1. The van der Waals surface area contributed by atoms with E-state index in [-0.39, 0.29) is 6.07 Å². The molecule has 0 fully saturated rings. The molecule has 118 valence electrons.